The third kappa shape index (κ3) is 4.49. The first-order valence-corrected chi connectivity index (χ1v) is 9.65. The number of hydrogen-bond donors (Lipinski definition) is 0. The molecule has 2 atom stereocenters. The Balaban J connectivity index is 1.65. The molecule has 148 valence electrons. The zero-order chi connectivity index (χ0) is 20.5. The van der Waals surface area contributed by atoms with Crippen molar-refractivity contribution in [2.24, 2.45) is 17.3 Å². The summed E-state index contributed by atoms with van der Waals surface area (Å²) in [7, 11) is 0. The lowest BCUT2D eigenvalue weighted by Gasteiger charge is -2.08. The van der Waals surface area contributed by atoms with E-state index in [1.807, 2.05) is 54.6 Å². The van der Waals surface area contributed by atoms with Gasteiger partial charge >= 0.3 is 12.1 Å². The highest BCUT2D eigenvalue weighted by molar-refractivity contribution is 9.11. The van der Waals surface area contributed by atoms with Crippen LogP contribution in [0.15, 0.2) is 65.2 Å². The van der Waals surface area contributed by atoms with E-state index in [1.165, 1.54) is 0 Å². The van der Waals surface area contributed by atoms with Gasteiger partial charge in [0, 0.05) is 0 Å². The minimum atomic E-state index is -4.45. The zero-order valence-corrected chi connectivity index (χ0v) is 17.0. The van der Waals surface area contributed by atoms with Gasteiger partial charge in [0.25, 0.3) is 0 Å². The number of rotatable bonds is 5. The Morgan fingerprint density at radius 2 is 1.75 bits per heavy atom. The number of ether oxygens (including phenoxy) is 1. The van der Waals surface area contributed by atoms with Crippen molar-refractivity contribution in [3.8, 4) is 11.1 Å². The van der Waals surface area contributed by atoms with Crippen LogP contribution in [0.2, 0.25) is 0 Å². The predicted molar refractivity (Wildman–Crippen MR) is 106 cm³/mol. The summed E-state index contributed by atoms with van der Waals surface area (Å²) in [5, 5.41) is 0. The highest BCUT2D eigenvalue weighted by Gasteiger charge is 2.62. The molecular formula is C22H20BrF3O2. The number of alkyl halides is 3. The van der Waals surface area contributed by atoms with E-state index in [2.05, 4.69) is 15.9 Å². The molecular weight excluding hydrogens is 433 g/mol. The van der Waals surface area contributed by atoms with Crippen LogP contribution < -0.4 is 0 Å². The Labute approximate surface area is 170 Å². The Bertz CT molecular complexity index is 888. The topological polar surface area (TPSA) is 26.3 Å². The van der Waals surface area contributed by atoms with E-state index in [-0.39, 0.29) is 6.61 Å². The molecule has 3 rings (SSSR count). The van der Waals surface area contributed by atoms with Crippen molar-refractivity contribution in [1.82, 2.24) is 0 Å². The fourth-order valence-electron chi connectivity index (χ4n) is 3.41. The molecule has 1 fully saturated rings. The highest BCUT2D eigenvalue weighted by Crippen LogP contribution is 2.60. The minimum Gasteiger partial charge on any atom is -0.461 e. The second-order valence-corrected chi connectivity index (χ2v) is 8.37. The summed E-state index contributed by atoms with van der Waals surface area (Å²) < 4.78 is 42.8. The van der Waals surface area contributed by atoms with E-state index in [0.29, 0.717) is 0 Å². The van der Waals surface area contributed by atoms with E-state index >= 15 is 0 Å². The maximum atomic E-state index is 12.7. The molecule has 1 saturated carbocycles. The van der Waals surface area contributed by atoms with Crippen LogP contribution >= 0.6 is 15.9 Å². The summed E-state index contributed by atoms with van der Waals surface area (Å²) in [6, 6.07) is 17.5. The van der Waals surface area contributed by atoms with Crippen LogP contribution in [-0.2, 0) is 16.1 Å². The molecule has 0 aliphatic heterocycles. The fraction of sp³-hybridized carbons (Fsp3) is 0.318. The van der Waals surface area contributed by atoms with Crippen LogP contribution in [0, 0.1) is 17.3 Å². The number of carbonyl (C=O) groups excluding carboxylic acids is 1. The van der Waals surface area contributed by atoms with E-state index in [9.17, 15) is 18.0 Å². The number of hydrogen-bond acceptors (Lipinski definition) is 2. The number of halogens is 4. The van der Waals surface area contributed by atoms with E-state index in [4.69, 9.17) is 4.74 Å². The molecule has 0 amide bonds. The summed E-state index contributed by atoms with van der Waals surface area (Å²) in [5.74, 6) is -1.56. The molecule has 6 heteroatoms. The third-order valence-corrected chi connectivity index (χ3v) is 5.89. The lowest BCUT2D eigenvalue weighted by atomic mass is 10.0. The summed E-state index contributed by atoms with van der Waals surface area (Å²) >= 11 is 2.56. The molecule has 0 aromatic heterocycles. The van der Waals surface area contributed by atoms with Crippen molar-refractivity contribution < 1.29 is 22.7 Å². The van der Waals surface area contributed by atoms with Gasteiger partial charge in [-0.3, -0.25) is 4.79 Å². The van der Waals surface area contributed by atoms with Crippen LogP contribution in [0.1, 0.15) is 19.4 Å². The van der Waals surface area contributed by atoms with Gasteiger partial charge in [0.15, 0.2) is 0 Å². The summed E-state index contributed by atoms with van der Waals surface area (Å²) in [6.45, 7) is 3.63. The maximum Gasteiger partial charge on any atom is 0.422 e. The van der Waals surface area contributed by atoms with Crippen LogP contribution in [-0.4, -0.2) is 12.1 Å². The molecule has 1 aliphatic carbocycles. The Hall–Kier alpha value is -2.08. The fourth-order valence-corrected chi connectivity index (χ4v) is 3.69. The molecule has 0 bridgehead atoms. The molecule has 0 saturated heterocycles. The quantitative estimate of drug-likeness (QED) is 0.483. The van der Waals surface area contributed by atoms with E-state index in [1.54, 1.807) is 13.8 Å². The maximum absolute atomic E-state index is 12.7. The molecule has 1 aliphatic rings. The SMILES string of the molecule is CC1(C)C(/C=C(\Br)C(F)(F)F)C1C(=O)OCc1cccc(-c2ccccc2)c1. The monoisotopic (exact) mass is 452 g/mol. The second-order valence-electron chi connectivity index (χ2n) is 7.51. The van der Waals surface area contributed by atoms with Crippen LogP contribution in [0.5, 0.6) is 0 Å². The van der Waals surface area contributed by atoms with Gasteiger partial charge in [-0.2, -0.15) is 13.2 Å². The molecule has 0 radical (unpaired) electrons. The number of esters is 1. The molecule has 0 N–H and O–H groups in total. The molecule has 28 heavy (non-hydrogen) atoms. The van der Waals surface area contributed by atoms with Gasteiger partial charge < -0.3 is 4.74 Å². The van der Waals surface area contributed by atoms with Crippen LogP contribution in [0.4, 0.5) is 13.2 Å². The van der Waals surface area contributed by atoms with Gasteiger partial charge in [-0.05, 0) is 50.0 Å². The molecule has 0 heterocycles. The van der Waals surface area contributed by atoms with Crippen molar-refractivity contribution in [1.29, 1.82) is 0 Å². The van der Waals surface area contributed by atoms with Crippen molar-refractivity contribution >= 4 is 21.9 Å². The zero-order valence-electron chi connectivity index (χ0n) is 15.5. The number of allylic oxidation sites excluding steroid dienone is 2. The van der Waals surface area contributed by atoms with E-state index in [0.717, 1.165) is 22.8 Å². The minimum absolute atomic E-state index is 0.0863. The Morgan fingerprint density at radius 1 is 1.11 bits per heavy atom. The molecule has 2 nitrogen and oxygen atoms in total. The molecule has 2 aromatic rings. The van der Waals surface area contributed by atoms with E-state index < -0.39 is 33.9 Å². The van der Waals surface area contributed by atoms with Gasteiger partial charge in [-0.1, -0.05) is 68.5 Å². The molecule has 0 spiro atoms. The Kier molecular flexibility index (Phi) is 5.71. The first kappa shape index (κ1) is 20.6. The predicted octanol–water partition coefficient (Wildman–Crippen LogP) is 6.51. The van der Waals surface area contributed by atoms with Gasteiger partial charge in [0.05, 0.1) is 10.4 Å². The largest absolute Gasteiger partial charge is 0.461 e. The first-order valence-electron chi connectivity index (χ1n) is 8.86. The average molecular weight is 453 g/mol. The average Bonchev–Trinajstić information content (AvgIpc) is 3.20. The van der Waals surface area contributed by atoms with Gasteiger partial charge in [-0.15, -0.1) is 0 Å². The smallest absolute Gasteiger partial charge is 0.422 e. The van der Waals surface area contributed by atoms with Crippen molar-refractivity contribution in [2.75, 3.05) is 0 Å². The second kappa shape index (κ2) is 7.74. The lowest BCUT2D eigenvalue weighted by Crippen LogP contribution is -2.11. The normalized spacial score (nSPS) is 21.3. The summed E-state index contributed by atoms with van der Waals surface area (Å²) in [5.41, 5.74) is 2.33. The van der Waals surface area contributed by atoms with Crippen molar-refractivity contribution in [3.63, 3.8) is 0 Å². The lowest BCUT2D eigenvalue weighted by molar-refractivity contribution is -0.147. The van der Waals surface area contributed by atoms with Gasteiger partial charge in [0.1, 0.15) is 6.61 Å². The summed E-state index contributed by atoms with van der Waals surface area (Å²) in [6.07, 6.45) is -3.38. The molecule has 2 unspecified atom stereocenters. The van der Waals surface area contributed by atoms with Gasteiger partial charge in [0.2, 0.25) is 0 Å². The first-order chi connectivity index (χ1) is 13.1. The van der Waals surface area contributed by atoms with Gasteiger partial charge in [-0.25, -0.2) is 0 Å². The third-order valence-electron chi connectivity index (χ3n) is 5.18. The molecule has 2 aromatic carbocycles. The standard InChI is InChI=1S/C22H20BrF3O2/c1-21(2)17(12-18(23)22(24,25)26)19(21)20(27)28-13-14-7-6-10-16(11-14)15-8-4-3-5-9-15/h3-12,17,19H,13H2,1-2H3/b18-12-. The Morgan fingerprint density at radius 3 is 2.39 bits per heavy atom. The summed E-state index contributed by atoms with van der Waals surface area (Å²) in [4.78, 5) is 12.4. The van der Waals surface area contributed by atoms with Crippen LogP contribution in [0.3, 0.4) is 0 Å². The van der Waals surface area contributed by atoms with Crippen molar-refractivity contribution in [3.05, 3.63) is 70.7 Å². The van der Waals surface area contributed by atoms with Crippen LogP contribution in [0.25, 0.3) is 11.1 Å². The van der Waals surface area contributed by atoms with Crippen molar-refractivity contribution in [2.45, 2.75) is 26.6 Å². The number of carbonyl (C=O) groups is 1. The number of benzene rings is 2. The highest BCUT2D eigenvalue weighted by atomic mass is 79.9.